The van der Waals surface area contributed by atoms with Gasteiger partial charge in [0, 0.05) is 12.2 Å². The lowest BCUT2D eigenvalue weighted by Gasteiger charge is -2.17. The molecule has 1 aliphatic heterocycles. The molecule has 13 heteroatoms. The van der Waals surface area contributed by atoms with E-state index in [-0.39, 0.29) is 18.0 Å². The van der Waals surface area contributed by atoms with Gasteiger partial charge in [-0.2, -0.15) is 17.9 Å². The van der Waals surface area contributed by atoms with Gasteiger partial charge in [0.25, 0.3) is 10.2 Å². The van der Waals surface area contributed by atoms with E-state index in [1.54, 1.807) is 22.9 Å². The Balaban J connectivity index is 1.73. The van der Waals surface area contributed by atoms with E-state index in [9.17, 15) is 22.8 Å². The predicted octanol–water partition coefficient (Wildman–Crippen LogP) is 0.665. The molecule has 0 saturated heterocycles. The van der Waals surface area contributed by atoms with Crippen LogP contribution in [0.25, 0.3) is 0 Å². The third kappa shape index (κ3) is 6.66. The molecule has 1 unspecified atom stereocenters. The summed E-state index contributed by atoms with van der Waals surface area (Å²) in [6, 6.07) is 7.53. The molecule has 2 aromatic carbocycles. The van der Waals surface area contributed by atoms with Crippen molar-refractivity contribution < 1.29 is 42.5 Å². The zero-order valence-corrected chi connectivity index (χ0v) is 18.6. The van der Waals surface area contributed by atoms with Gasteiger partial charge >= 0.3 is 17.9 Å². The van der Waals surface area contributed by atoms with Crippen LogP contribution in [0.3, 0.4) is 0 Å². The molecule has 0 bridgehead atoms. The quantitative estimate of drug-likeness (QED) is 0.198. The van der Waals surface area contributed by atoms with Crippen LogP contribution in [0.15, 0.2) is 36.4 Å². The molecule has 0 fully saturated rings. The van der Waals surface area contributed by atoms with E-state index in [1.807, 2.05) is 0 Å². The van der Waals surface area contributed by atoms with Crippen molar-refractivity contribution in [2.75, 3.05) is 12.3 Å². The van der Waals surface area contributed by atoms with Gasteiger partial charge in [-0.05, 0) is 54.3 Å². The Kier molecular flexibility index (Phi) is 7.71. The molecule has 1 atom stereocenters. The van der Waals surface area contributed by atoms with Crippen molar-refractivity contribution in [3.05, 3.63) is 53.1 Å². The number of hydrogen-bond donors (Lipinski definition) is 5. The monoisotopic (exact) mass is 493 g/mol. The number of aliphatic carboxylic acids is 2. The molecular formula is C21H23N3O9S. The summed E-state index contributed by atoms with van der Waals surface area (Å²) >= 11 is 0. The van der Waals surface area contributed by atoms with E-state index in [0.29, 0.717) is 36.3 Å². The number of carbonyl (C=O) groups excluding carboxylic acids is 1. The number of carbonyl (C=O) groups is 3. The fourth-order valence-electron chi connectivity index (χ4n) is 3.24. The maximum atomic E-state index is 12.7. The Bertz CT molecular complexity index is 1210. The average molecular weight is 493 g/mol. The lowest BCUT2D eigenvalue weighted by Crippen LogP contribution is -2.47. The molecule has 0 amide bonds. The van der Waals surface area contributed by atoms with Crippen molar-refractivity contribution in [2.24, 2.45) is 0 Å². The smallest absolute Gasteiger partial charge is 0.343 e. The number of carboxylic acid groups (broad SMARTS) is 2. The fraction of sp³-hybridized carbons (Fsp3) is 0.286. The van der Waals surface area contributed by atoms with Crippen LogP contribution in [0.5, 0.6) is 11.5 Å². The van der Waals surface area contributed by atoms with Crippen LogP contribution in [-0.4, -0.2) is 49.2 Å². The molecule has 1 heterocycles. The van der Waals surface area contributed by atoms with Gasteiger partial charge in [-0.1, -0.05) is 6.07 Å². The first-order chi connectivity index (χ1) is 16.0. The minimum Gasteiger partial charge on any atom is -0.490 e. The number of rotatable bonds is 8. The van der Waals surface area contributed by atoms with Crippen LogP contribution in [0, 0.1) is 0 Å². The summed E-state index contributed by atoms with van der Waals surface area (Å²) in [5, 5.41) is 17.8. The Morgan fingerprint density at radius 3 is 2.59 bits per heavy atom. The Hall–Kier alpha value is -3.68. The first-order valence-electron chi connectivity index (χ1n) is 10.1. The first-order valence-corrected chi connectivity index (χ1v) is 11.6. The standard InChI is InChI=1S/C21H23N3O9S/c22-14-4-5-15-13(9-14)2-1-7-32-18-8-12(3-6-17(18)33-21(15)29)11-23-34(30,31)24-16(20(27)28)10-19(25)26/h3-6,8-9,16,23-24H,1-2,7,10-11,22H2,(H,25,26)(H,27,28). The van der Waals surface area contributed by atoms with Crippen molar-refractivity contribution in [1.29, 1.82) is 0 Å². The summed E-state index contributed by atoms with van der Waals surface area (Å²) in [5.41, 5.74) is 7.90. The van der Waals surface area contributed by atoms with Crippen molar-refractivity contribution in [1.82, 2.24) is 9.44 Å². The lowest BCUT2D eigenvalue weighted by atomic mass is 10.0. The van der Waals surface area contributed by atoms with Crippen LogP contribution in [-0.2, 0) is 32.8 Å². The number of nitrogens with one attached hydrogen (secondary N) is 2. The van der Waals surface area contributed by atoms with Gasteiger partial charge in [-0.25, -0.2) is 4.79 Å². The number of carboxylic acids is 2. The Morgan fingerprint density at radius 2 is 1.88 bits per heavy atom. The molecule has 0 aliphatic carbocycles. The van der Waals surface area contributed by atoms with E-state index >= 15 is 0 Å². The molecule has 12 nitrogen and oxygen atoms in total. The van der Waals surface area contributed by atoms with Gasteiger partial charge in [-0.15, -0.1) is 0 Å². The molecule has 1 aliphatic rings. The molecular weight excluding hydrogens is 470 g/mol. The molecule has 3 rings (SSSR count). The third-order valence-electron chi connectivity index (χ3n) is 4.85. The zero-order valence-electron chi connectivity index (χ0n) is 17.8. The highest BCUT2D eigenvalue weighted by atomic mass is 32.2. The SMILES string of the molecule is Nc1ccc2c(c1)CCCOc1cc(CNS(=O)(=O)NC(CC(=O)O)C(=O)O)ccc1OC2=O. The summed E-state index contributed by atoms with van der Waals surface area (Å²) in [6.45, 7) is 0.0342. The van der Waals surface area contributed by atoms with E-state index in [4.69, 9.17) is 25.4 Å². The maximum absolute atomic E-state index is 12.7. The Morgan fingerprint density at radius 1 is 1.12 bits per heavy atom. The van der Waals surface area contributed by atoms with Crippen LogP contribution in [0.2, 0.25) is 0 Å². The van der Waals surface area contributed by atoms with Crippen molar-refractivity contribution in [3.63, 3.8) is 0 Å². The van der Waals surface area contributed by atoms with Gasteiger partial charge < -0.3 is 25.4 Å². The van der Waals surface area contributed by atoms with Gasteiger partial charge in [0.1, 0.15) is 6.04 Å². The molecule has 0 saturated carbocycles. The molecule has 0 spiro atoms. The molecule has 6 N–H and O–H groups in total. The molecule has 34 heavy (non-hydrogen) atoms. The summed E-state index contributed by atoms with van der Waals surface area (Å²) in [5.74, 6) is -3.31. The molecule has 0 radical (unpaired) electrons. The molecule has 0 aromatic heterocycles. The van der Waals surface area contributed by atoms with E-state index in [2.05, 4.69) is 4.72 Å². The van der Waals surface area contributed by atoms with E-state index in [1.165, 1.54) is 18.2 Å². The van der Waals surface area contributed by atoms with Crippen molar-refractivity contribution in [3.8, 4) is 11.5 Å². The second-order valence-corrected chi connectivity index (χ2v) is 9.00. The minimum absolute atomic E-state index is 0.145. The third-order valence-corrected chi connectivity index (χ3v) is 5.97. The molecule has 182 valence electrons. The number of benzene rings is 2. The second kappa shape index (κ2) is 10.5. The summed E-state index contributed by atoms with van der Waals surface area (Å²) < 4.78 is 39.5. The number of nitrogens with two attached hydrogens (primary N) is 1. The first kappa shape index (κ1) is 25.0. The minimum atomic E-state index is -4.34. The van der Waals surface area contributed by atoms with Crippen LogP contribution in [0.4, 0.5) is 5.69 Å². The van der Waals surface area contributed by atoms with Crippen molar-refractivity contribution >= 4 is 33.8 Å². The van der Waals surface area contributed by atoms with Gasteiger partial charge in [0.05, 0.1) is 18.6 Å². The normalized spacial score (nSPS) is 14.6. The number of aryl methyl sites for hydroxylation is 1. The Labute approximate surface area is 194 Å². The topological polar surface area (TPSA) is 194 Å². The zero-order chi connectivity index (χ0) is 24.9. The number of esters is 1. The lowest BCUT2D eigenvalue weighted by molar-refractivity contribution is -0.145. The number of anilines is 1. The number of ether oxygens (including phenoxy) is 2. The second-order valence-electron chi connectivity index (χ2n) is 7.47. The fourth-order valence-corrected chi connectivity index (χ4v) is 4.24. The summed E-state index contributed by atoms with van der Waals surface area (Å²) in [4.78, 5) is 34.5. The van der Waals surface area contributed by atoms with E-state index in [0.717, 1.165) is 5.56 Å². The molecule has 2 aromatic rings. The summed E-state index contributed by atoms with van der Waals surface area (Å²) in [6.07, 6.45) is 0.200. The average Bonchev–Trinajstić information content (AvgIpc) is 2.75. The van der Waals surface area contributed by atoms with Gasteiger partial charge in [0.2, 0.25) is 0 Å². The summed E-state index contributed by atoms with van der Waals surface area (Å²) in [7, 11) is -4.34. The van der Waals surface area contributed by atoms with Crippen LogP contribution < -0.4 is 24.7 Å². The van der Waals surface area contributed by atoms with E-state index < -0.39 is 40.6 Å². The van der Waals surface area contributed by atoms with Gasteiger partial charge in [-0.3, -0.25) is 9.59 Å². The highest BCUT2D eigenvalue weighted by molar-refractivity contribution is 7.87. The largest absolute Gasteiger partial charge is 0.490 e. The number of nitrogen functional groups attached to an aromatic ring is 1. The van der Waals surface area contributed by atoms with Crippen LogP contribution in [0.1, 0.15) is 34.3 Å². The highest BCUT2D eigenvalue weighted by Crippen LogP contribution is 2.31. The van der Waals surface area contributed by atoms with Gasteiger partial charge in [0.15, 0.2) is 11.5 Å². The number of hydrogen-bond acceptors (Lipinski definition) is 8. The maximum Gasteiger partial charge on any atom is 0.343 e. The highest BCUT2D eigenvalue weighted by Gasteiger charge is 2.26. The van der Waals surface area contributed by atoms with Crippen LogP contribution >= 0.6 is 0 Å². The van der Waals surface area contributed by atoms with Crippen molar-refractivity contribution in [2.45, 2.75) is 31.8 Å². The number of fused-ring (bicyclic) bond motifs is 2. The predicted molar refractivity (Wildman–Crippen MR) is 119 cm³/mol.